The molecular weight excluding hydrogens is 449 g/mol. The summed E-state index contributed by atoms with van der Waals surface area (Å²) in [6, 6.07) is 0. The molecule has 0 aliphatic rings. The Morgan fingerprint density at radius 3 is 1.00 bits per heavy atom. The zero-order valence-electron chi connectivity index (χ0n) is 21.7. The monoisotopic (exact) mass is 509 g/mol. The molecule has 0 aliphatic heterocycles. The van der Waals surface area contributed by atoms with Crippen LogP contribution in [0.5, 0.6) is 0 Å². The van der Waals surface area contributed by atoms with E-state index in [-0.39, 0.29) is 17.0 Å². The van der Waals surface area contributed by atoms with Gasteiger partial charge in [0, 0.05) is 0 Å². The Bertz CT molecular complexity index is 270. The third-order valence-electron chi connectivity index (χ3n) is 6.78. The maximum absolute atomic E-state index is 4.23. The summed E-state index contributed by atoms with van der Waals surface area (Å²) in [5.41, 5.74) is 0. The fourth-order valence-corrected chi connectivity index (χ4v) is 9.60. The SMILES string of the molecule is Br.CCCCCCCC[PH](CCCCCCCC)(CCCCCCCC)NCCC. The van der Waals surface area contributed by atoms with Gasteiger partial charge in [0.1, 0.15) is 0 Å². The summed E-state index contributed by atoms with van der Waals surface area (Å²) in [6.07, 6.45) is 32.1. The third-order valence-corrected chi connectivity index (χ3v) is 11.7. The number of halogens is 1. The topological polar surface area (TPSA) is 12.0 Å². The van der Waals surface area contributed by atoms with Crippen LogP contribution in [0, 0.1) is 0 Å². The molecule has 1 N–H and O–H groups in total. The molecule has 0 unspecified atom stereocenters. The molecule has 1 nitrogen and oxygen atoms in total. The molecule has 186 valence electrons. The molecule has 0 saturated heterocycles. The molecule has 0 aliphatic carbocycles. The van der Waals surface area contributed by atoms with Crippen LogP contribution >= 0.6 is 24.4 Å². The van der Waals surface area contributed by atoms with E-state index in [2.05, 4.69) is 32.8 Å². The van der Waals surface area contributed by atoms with Crippen LogP contribution < -0.4 is 5.09 Å². The molecule has 0 aromatic carbocycles. The number of rotatable bonds is 24. The van der Waals surface area contributed by atoms with Crippen molar-refractivity contribution >= 4 is 24.4 Å². The van der Waals surface area contributed by atoms with Crippen LogP contribution in [0.25, 0.3) is 0 Å². The van der Waals surface area contributed by atoms with Crippen LogP contribution in [0.1, 0.15) is 150 Å². The van der Waals surface area contributed by atoms with Crippen LogP contribution in [0.15, 0.2) is 0 Å². The molecule has 0 radical (unpaired) electrons. The van der Waals surface area contributed by atoms with Gasteiger partial charge < -0.3 is 0 Å². The van der Waals surface area contributed by atoms with Gasteiger partial charge in [-0.1, -0.05) is 0 Å². The van der Waals surface area contributed by atoms with E-state index >= 15 is 0 Å². The Hall–Kier alpha value is 0.870. The quantitative estimate of drug-likeness (QED) is 0.101. The molecule has 30 heavy (non-hydrogen) atoms. The molecule has 0 aromatic heterocycles. The van der Waals surface area contributed by atoms with Crippen molar-refractivity contribution in [3.05, 3.63) is 0 Å². The molecule has 3 heteroatoms. The van der Waals surface area contributed by atoms with Crippen molar-refractivity contribution in [2.24, 2.45) is 0 Å². The third kappa shape index (κ3) is 20.8. The number of hydrogen-bond acceptors (Lipinski definition) is 1. The molecule has 0 spiro atoms. The van der Waals surface area contributed by atoms with Gasteiger partial charge in [0.2, 0.25) is 0 Å². The fourth-order valence-electron chi connectivity index (χ4n) is 4.76. The summed E-state index contributed by atoms with van der Waals surface area (Å²) >= 11 is 0. The summed E-state index contributed by atoms with van der Waals surface area (Å²) in [6.45, 7) is 10.6. The first kappa shape index (κ1) is 33.0. The number of unbranched alkanes of at least 4 members (excludes halogenated alkanes) is 15. The average Bonchev–Trinajstić information content (AvgIpc) is 2.74. The molecule has 0 rings (SSSR count). The zero-order valence-corrected chi connectivity index (χ0v) is 24.4. The molecule has 0 aromatic rings. The minimum absolute atomic E-state index is 0. The summed E-state index contributed by atoms with van der Waals surface area (Å²) in [5.74, 6) is 0. The van der Waals surface area contributed by atoms with Gasteiger partial charge in [-0.2, -0.15) is 0 Å². The van der Waals surface area contributed by atoms with Crippen LogP contribution in [-0.2, 0) is 0 Å². The van der Waals surface area contributed by atoms with E-state index in [4.69, 9.17) is 0 Å². The zero-order chi connectivity index (χ0) is 21.5. The maximum atomic E-state index is 4.23. The van der Waals surface area contributed by atoms with Crippen molar-refractivity contribution in [2.45, 2.75) is 150 Å². The van der Waals surface area contributed by atoms with Gasteiger partial charge in [0.05, 0.1) is 0 Å². The van der Waals surface area contributed by atoms with Crippen LogP contribution in [-0.4, -0.2) is 25.0 Å². The van der Waals surface area contributed by atoms with E-state index in [1.807, 2.05) is 0 Å². The van der Waals surface area contributed by atoms with Crippen molar-refractivity contribution in [2.75, 3.05) is 25.0 Å². The molecule has 0 saturated carbocycles. The van der Waals surface area contributed by atoms with Crippen molar-refractivity contribution in [3.8, 4) is 0 Å². The standard InChI is InChI=1S/C27H60NP.BrH/c1-5-9-12-15-18-21-25-29(28-24-8-4,26-22-19-16-13-10-6-2)27-23-20-17-14-11-7-3;/h28-29H,5-27H2,1-4H3;1H. The van der Waals surface area contributed by atoms with Crippen molar-refractivity contribution < 1.29 is 0 Å². The summed E-state index contributed by atoms with van der Waals surface area (Å²) < 4.78 is 0. The summed E-state index contributed by atoms with van der Waals surface area (Å²) in [4.78, 5) is 0. The molecule has 0 fully saturated rings. The van der Waals surface area contributed by atoms with E-state index in [9.17, 15) is 0 Å². The Morgan fingerprint density at radius 2 is 0.700 bits per heavy atom. The predicted octanol–water partition coefficient (Wildman–Crippen LogP) is 10.3. The van der Waals surface area contributed by atoms with Gasteiger partial charge in [-0.15, -0.1) is 17.0 Å². The van der Waals surface area contributed by atoms with Gasteiger partial charge in [-0.05, 0) is 0 Å². The second-order valence-corrected chi connectivity index (χ2v) is 14.2. The first-order valence-corrected chi connectivity index (χ1v) is 16.6. The van der Waals surface area contributed by atoms with Gasteiger partial charge in [-0.25, -0.2) is 0 Å². The van der Waals surface area contributed by atoms with Crippen LogP contribution in [0.4, 0.5) is 0 Å². The van der Waals surface area contributed by atoms with E-state index < -0.39 is 7.41 Å². The normalized spacial score (nSPS) is 12.1. The van der Waals surface area contributed by atoms with E-state index in [1.165, 1.54) is 129 Å². The number of hydrogen-bond donors (Lipinski definition) is 1. The minimum atomic E-state index is -1.27. The molecule has 0 amide bonds. The average molecular weight is 511 g/mol. The molecule has 0 heterocycles. The van der Waals surface area contributed by atoms with Gasteiger partial charge in [-0.3, -0.25) is 0 Å². The van der Waals surface area contributed by atoms with E-state index in [0.717, 1.165) is 0 Å². The summed E-state index contributed by atoms with van der Waals surface area (Å²) in [5, 5.41) is 4.23. The fraction of sp³-hybridized carbons (Fsp3) is 1.00. The second kappa shape index (κ2) is 26.1. The summed E-state index contributed by atoms with van der Waals surface area (Å²) in [7, 11) is -1.27. The Morgan fingerprint density at radius 1 is 0.400 bits per heavy atom. The molecular formula is C27H61BrNP. The Kier molecular flexibility index (Phi) is 28.8. The van der Waals surface area contributed by atoms with Crippen LogP contribution in [0.3, 0.4) is 0 Å². The van der Waals surface area contributed by atoms with Crippen LogP contribution in [0.2, 0.25) is 0 Å². The van der Waals surface area contributed by atoms with Crippen molar-refractivity contribution in [3.63, 3.8) is 0 Å². The molecule has 0 atom stereocenters. The van der Waals surface area contributed by atoms with Gasteiger partial charge in [0.15, 0.2) is 0 Å². The van der Waals surface area contributed by atoms with Gasteiger partial charge >= 0.3 is 187 Å². The van der Waals surface area contributed by atoms with E-state index in [1.54, 1.807) is 18.5 Å². The van der Waals surface area contributed by atoms with Crippen molar-refractivity contribution in [1.29, 1.82) is 0 Å². The first-order chi connectivity index (χ1) is 14.2. The second-order valence-electron chi connectivity index (χ2n) is 9.76. The van der Waals surface area contributed by atoms with E-state index in [0.29, 0.717) is 0 Å². The first-order valence-electron chi connectivity index (χ1n) is 14.0. The number of nitrogens with one attached hydrogen (secondary N) is 1. The Labute approximate surface area is 203 Å². The van der Waals surface area contributed by atoms with Crippen molar-refractivity contribution in [1.82, 2.24) is 5.09 Å². The Balaban J connectivity index is 0. The van der Waals surface area contributed by atoms with Gasteiger partial charge in [0.25, 0.3) is 0 Å². The molecule has 0 bridgehead atoms. The predicted molar refractivity (Wildman–Crippen MR) is 152 cm³/mol.